The van der Waals surface area contributed by atoms with Gasteiger partial charge in [0, 0.05) is 36.9 Å². The average molecular weight is 992 g/mol. The lowest BCUT2D eigenvalue weighted by molar-refractivity contribution is 0.0647. The van der Waals surface area contributed by atoms with Gasteiger partial charge in [-0.25, -0.2) is 0 Å². The van der Waals surface area contributed by atoms with Gasteiger partial charge in [-0.3, -0.25) is 0 Å². The largest absolute Gasteiger partial charge is 0.381 e. The molecule has 0 unspecified atom stereocenters. The molecule has 0 radical (unpaired) electrons. The summed E-state index contributed by atoms with van der Waals surface area (Å²) in [6, 6.07) is 51.5. The molecule has 0 saturated carbocycles. The Kier molecular flexibility index (Phi) is 31.7. The van der Waals surface area contributed by atoms with Crippen LogP contribution >= 0.6 is 54.0 Å². The van der Waals surface area contributed by atoms with Crippen molar-refractivity contribution >= 4 is 54.0 Å². The summed E-state index contributed by atoms with van der Waals surface area (Å²) in [5.74, 6) is 2.14. The van der Waals surface area contributed by atoms with Crippen LogP contribution in [0.15, 0.2) is 146 Å². The van der Waals surface area contributed by atoms with Crippen LogP contribution in [-0.2, 0) is 32.2 Å². The summed E-state index contributed by atoms with van der Waals surface area (Å²) in [5, 5.41) is 0. The van der Waals surface area contributed by atoms with Gasteiger partial charge in [0.15, 0.2) is 0 Å². The van der Waals surface area contributed by atoms with Crippen molar-refractivity contribution in [2.45, 2.75) is 126 Å². The van der Waals surface area contributed by atoms with Crippen LogP contribution in [0, 0.1) is 22.2 Å². The van der Waals surface area contributed by atoms with Crippen molar-refractivity contribution in [1.82, 2.24) is 0 Å². The van der Waals surface area contributed by atoms with E-state index in [1.54, 1.807) is 0 Å². The van der Waals surface area contributed by atoms with E-state index in [9.17, 15) is 0 Å². The van der Waals surface area contributed by atoms with Gasteiger partial charge >= 0.3 is 0 Å². The molecule has 0 saturated heterocycles. The van der Waals surface area contributed by atoms with E-state index in [1.807, 2.05) is 0 Å². The normalized spacial score (nSPS) is 13.3. The first-order valence-corrected chi connectivity index (χ1v) is 23.6. The Morgan fingerprint density at radius 2 is 0.612 bits per heavy atom. The highest BCUT2D eigenvalue weighted by molar-refractivity contribution is 7.59. The molecule has 0 aromatic heterocycles. The van der Waals surface area contributed by atoms with Gasteiger partial charge in [-0.05, 0) is 68.4 Å². The minimum absolute atomic E-state index is 0. The molecule has 67 heavy (non-hydrogen) atoms. The first-order valence-electron chi connectivity index (χ1n) is 23.6. The van der Waals surface area contributed by atoms with Gasteiger partial charge in [-0.2, -0.15) is 54.0 Å². The molecule has 4 nitrogen and oxygen atoms in total. The first kappa shape index (κ1) is 64.3. The molecule has 0 bridgehead atoms. The summed E-state index contributed by atoms with van der Waals surface area (Å²) in [6.45, 7) is 31.0. The van der Waals surface area contributed by atoms with Gasteiger partial charge < -0.3 is 18.9 Å². The summed E-state index contributed by atoms with van der Waals surface area (Å²) >= 11 is 0. The minimum atomic E-state index is 0. The highest BCUT2D eigenvalue weighted by Crippen LogP contribution is 2.37. The Morgan fingerprint density at radius 1 is 0.343 bits per heavy atom. The Bertz CT molecular complexity index is 1860. The Labute approximate surface area is 436 Å². The van der Waals surface area contributed by atoms with Crippen LogP contribution in [0.1, 0.15) is 146 Å². The zero-order valence-electron chi connectivity index (χ0n) is 42.9. The quantitative estimate of drug-likeness (QED) is 0.0648. The molecule has 4 atom stereocenters. The van der Waals surface area contributed by atoms with Gasteiger partial charge in [-0.1, -0.05) is 222 Å². The molecule has 5 rings (SSSR count). The molecule has 374 valence electrons. The fourth-order valence-corrected chi connectivity index (χ4v) is 8.11. The molecule has 5 aromatic rings. The van der Waals surface area contributed by atoms with Crippen LogP contribution in [0.4, 0.5) is 0 Å². The number of rotatable bonds is 22. The molecule has 0 aliphatic heterocycles. The smallest absolute Gasteiger partial charge is 0.0717 e. The summed E-state index contributed by atoms with van der Waals surface area (Å²) in [7, 11) is 0. The Hall–Kier alpha value is -2.66. The third-order valence-corrected chi connectivity index (χ3v) is 12.3. The molecule has 0 N–H and O–H groups in total. The molecule has 8 heteroatoms. The lowest BCUT2D eigenvalue weighted by Gasteiger charge is -2.31. The molecule has 5 aromatic carbocycles. The second-order valence-corrected chi connectivity index (χ2v) is 21.0. The SMILES string of the molecule is CC(C)(C)[C@H](COCCCCOC[C@H](c1ccccc1)C(C)(C)C)c1ccccc1.CC(C)[C@H](COCc1ccc(COC[C@H](c2ccccc2)C(C)(C)C)cc1)c1ccccc1.S.S.S.S. The predicted molar refractivity (Wildman–Crippen MR) is 308 cm³/mol. The standard InChI is InChI=1S/C31H40O2.C28H42O2.4H2S/c1-24(2)29(27-12-8-6-9-13-27)22-32-20-25-16-18-26(19-17-25)21-33-23-30(31(3,4)5)28-14-10-7-11-15-28;1-27(2,3)25(23-15-9-7-10-16-23)21-29-19-13-14-20-30-22-26(28(4,5)6)24-17-11-8-12-18-24;;;;/h6-19,24,29-30H,20-23H2,1-5H3;7-12,15-18,25-26H,13-14,19-22H2,1-6H3;4*1H2/t29-,30+;25-,26-;;;;/m01..../s1. The van der Waals surface area contributed by atoms with Crippen LogP contribution in [0.25, 0.3) is 0 Å². The lowest BCUT2D eigenvalue weighted by atomic mass is 9.77. The maximum atomic E-state index is 6.16. The van der Waals surface area contributed by atoms with E-state index in [4.69, 9.17) is 18.9 Å². The molecule has 0 heterocycles. The summed E-state index contributed by atoms with van der Waals surface area (Å²) < 4.78 is 24.4. The fourth-order valence-electron chi connectivity index (χ4n) is 8.11. The van der Waals surface area contributed by atoms with Crippen LogP contribution in [0.3, 0.4) is 0 Å². The van der Waals surface area contributed by atoms with Crippen LogP contribution in [-0.4, -0.2) is 39.6 Å². The van der Waals surface area contributed by atoms with Gasteiger partial charge in [0.2, 0.25) is 0 Å². The Balaban J connectivity index is 0.00000123. The maximum Gasteiger partial charge on any atom is 0.0717 e. The Morgan fingerprint density at radius 3 is 0.896 bits per heavy atom. The second kappa shape index (κ2) is 33.0. The van der Waals surface area contributed by atoms with Crippen molar-refractivity contribution in [1.29, 1.82) is 0 Å². The molecule has 0 aliphatic rings. The van der Waals surface area contributed by atoms with E-state index in [1.165, 1.54) is 33.4 Å². The number of benzene rings is 5. The van der Waals surface area contributed by atoms with E-state index < -0.39 is 0 Å². The molecule has 0 amide bonds. The van der Waals surface area contributed by atoms with Crippen LogP contribution in [0.5, 0.6) is 0 Å². The van der Waals surface area contributed by atoms with Crippen molar-refractivity contribution < 1.29 is 18.9 Å². The average Bonchev–Trinajstić information content (AvgIpc) is 3.25. The topological polar surface area (TPSA) is 36.9 Å². The highest BCUT2D eigenvalue weighted by Gasteiger charge is 2.28. The van der Waals surface area contributed by atoms with E-state index in [0.29, 0.717) is 49.4 Å². The van der Waals surface area contributed by atoms with Gasteiger partial charge in [0.25, 0.3) is 0 Å². The first-order chi connectivity index (χ1) is 30.0. The number of ether oxygens (including phenoxy) is 4. The van der Waals surface area contributed by atoms with E-state index >= 15 is 0 Å². The van der Waals surface area contributed by atoms with Crippen LogP contribution < -0.4 is 0 Å². The zero-order chi connectivity index (χ0) is 45.7. The summed E-state index contributed by atoms with van der Waals surface area (Å²) in [6.07, 6.45) is 2.08. The molecule has 0 spiro atoms. The fraction of sp³-hybridized carbons (Fsp3) is 0.492. The summed E-state index contributed by atoms with van der Waals surface area (Å²) in [4.78, 5) is 0. The van der Waals surface area contributed by atoms with Gasteiger partial charge in [0.05, 0.1) is 39.6 Å². The molecular weight excluding hydrogens is 901 g/mol. The van der Waals surface area contributed by atoms with E-state index in [-0.39, 0.29) is 70.2 Å². The number of hydrogen-bond acceptors (Lipinski definition) is 4. The third-order valence-electron chi connectivity index (χ3n) is 12.3. The van der Waals surface area contributed by atoms with Crippen LogP contribution in [0.2, 0.25) is 0 Å². The highest BCUT2D eigenvalue weighted by atomic mass is 32.1. The third kappa shape index (κ3) is 23.7. The predicted octanol–water partition coefficient (Wildman–Crippen LogP) is 15.9. The number of hydrogen-bond donors (Lipinski definition) is 0. The maximum absolute atomic E-state index is 6.16. The second-order valence-electron chi connectivity index (χ2n) is 21.0. The van der Waals surface area contributed by atoms with E-state index in [2.05, 4.69) is 222 Å². The zero-order valence-corrected chi connectivity index (χ0v) is 46.9. The monoisotopic (exact) mass is 991 g/mol. The van der Waals surface area contributed by atoms with Crippen molar-refractivity contribution in [2.24, 2.45) is 22.2 Å². The van der Waals surface area contributed by atoms with Gasteiger partial charge in [-0.15, -0.1) is 0 Å². The van der Waals surface area contributed by atoms with Crippen molar-refractivity contribution in [2.75, 3.05) is 39.6 Å². The minimum Gasteiger partial charge on any atom is -0.381 e. The number of unbranched alkanes of at least 4 members (excludes halogenated alkanes) is 1. The van der Waals surface area contributed by atoms with E-state index in [0.717, 1.165) is 45.9 Å². The van der Waals surface area contributed by atoms with Crippen molar-refractivity contribution in [3.8, 4) is 0 Å². The molecule has 0 fully saturated rings. The lowest BCUT2D eigenvalue weighted by Crippen LogP contribution is -2.24. The van der Waals surface area contributed by atoms with Crippen molar-refractivity contribution in [3.05, 3.63) is 179 Å². The molecular formula is C59H90O4S4. The summed E-state index contributed by atoms with van der Waals surface area (Å²) in [5.41, 5.74) is 8.33. The van der Waals surface area contributed by atoms with Gasteiger partial charge in [0.1, 0.15) is 0 Å². The molecule has 0 aliphatic carbocycles. The van der Waals surface area contributed by atoms with Crippen molar-refractivity contribution in [3.63, 3.8) is 0 Å².